The summed E-state index contributed by atoms with van der Waals surface area (Å²) in [7, 11) is 4.46. The fourth-order valence-corrected chi connectivity index (χ4v) is 5.23. The van der Waals surface area contributed by atoms with E-state index in [1.807, 2.05) is 24.3 Å². The largest absolute Gasteiger partial charge is 0.491 e. The molecule has 218 valence electrons. The van der Waals surface area contributed by atoms with Gasteiger partial charge in [-0.1, -0.05) is 83.1 Å². The smallest absolute Gasteiger partial charge is 0.119 e. The third-order valence-corrected chi connectivity index (χ3v) is 7.09. The van der Waals surface area contributed by atoms with Gasteiger partial charge in [0, 0.05) is 5.56 Å². The molecule has 0 aromatic heterocycles. The van der Waals surface area contributed by atoms with E-state index < -0.39 is 0 Å². The van der Waals surface area contributed by atoms with Crippen molar-refractivity contribution in [2.45, 2.75) is 66.2 Å². The molecule has 0 atom stereocenters. The van der Waals surface area contributed by atoms with Crippen LogP contribution in [0.4, 0.5) is 0 Å². The number of likely N-dealkylation sites (N-methyl/N-ethyl adjacent to an activating group) is 1. The van der Waals surface area contributed by atoms with Gasteiger partial charge in [-0.2, -0.15) is 0 Å². The van der Waals surface area contributed by atoms with E-state index in [2.05, 4.69) is 97.2 Å². The first-order valence-electron chi connectivity index (χ1n) is 14.4. The van der Waals surface area contributed by atoms with Gasteiger partial charge in [-0.05, 0) is 58.2 Å². The van der Waals surface area contributed by atoms with Gasteiger partial charge in [-0.25, -0.2) is 0 Å². The fourth-order valence-electron chi connectivity index (χ4n) is 5.23. The van der Waals surface area contributed by atoms with Crippen molar-refractivity contribution in [3.8, 4) is 11.5 Å². The molecule has 3 aromatic rings. The summed E-state index contributed by atoms with van der Waals surface area (Å²) in [5.74, 6) is 1.70. The highest BCUT2D eigenvalue weighted by molar-refractivity contribution is 5.32. The molecule has 0 fully saturated rings. The van der Waals surface area contributed by atoms with Crippen molar-refractivity contribution in [1.82, 2.24) is 0 Å². The Bertz CT molecular complexity index is 1140. The summed E-state index contributed by atoms with van der Waals surface area (Å²) in [5, 5.41) is 9.16. The van der Waals surface area contributed by atoms with Crippen molar-refractivity contribution < 1.29 is 23.8 Å². The van der Waals surface area contributed by atoms with Crippen LogP contribution in [0.15, 0.2) is 72.8 Å². The van der Waals surface area contributed by atoms with E-state index in [0.717, 1.165) is 46.6 Å². The van der Waals surface area contributed by atoms with Crippen molar-refractivity contribution in [2.75, 3.05) is 40.5 Å². The Balaban J connectivity index is 1.33. The second-order valence-corrected chi connectivity index (χ2v) is 13.3. The number of benzene rings is 3. The Morgan fingerprint density at radius 1 is 0.650 bits per heavy atom. The molecule has 0 spiro atoms. The second-order valence-electron chi connectivity index (χ2n) is 13.3. The Morgan fingerprint density at radius 2 is 1.20 bits per heavy atom. The number of hydrogen-bond acceptors (Lipinski definition) is 4. The molecule has 0 saturated carbocycles. The van der Waals surface area contributed by atoms with Crippen LogP contribution in [-0.2, 0) is 29.9 Å². The van der Waals surface area contributed by atoms with Crippen LogP contribution in [0.25, 0.3) is 0 Å². The quantitative estimate of drug-likeness (QED) is 0.162. The van der Waals surface area contributed by atoms with Gasteiger partial charge in [0.1, 0.15) is 37.8 Å². The van der Waals surface area contributed by atoms with Crippen molar-refractivity contribution in [3.63, 3.8) is 0 Å². The van der Waals surface area contributed by atoms with Crippen LogP contribution in [0.2, 0.25) is 0 Å². The summed E-state index contributed by atoms with van der Waals surface area (Å²) in [6, 6.07) is 24.7. The lowest BCUT2D eigenvalue weighted by Gasteiger charge is -2.33. The van der Waals surface area contributed by atoms with Gasteiger partial charge in [0.05, 0.1) is 33.9 Å². The molecule has 0 amide bonds. The van der Waals surface area contributed by atoms with Gasteiger partial charge in [0.25, 0.3) is 0 Å². The van der Waals surface area contributed by atoms with Crippen molar-refractivity contribution in [1.29, 1.82) is 0 Å². The molecule has 0 aliphatic heterocycles. The summed E-state index contributed by atoms with van der Waals surface area (Å²) < 4.78 is 18.5. The summed E-state index contributed by atoms with van der Waals surface area (Å²) in [6.45, 7) is 15.8. The van der Waals surface area contributed by atoms with E-state index in [9.17, 15) is 0 Å². The monoisotopic (exact) mass is 548 g/mol. The summed E-state index contributed by atoms with van der Waals surface area (Å²) >= 11 is 0. The van der Waals surface area contributed by atoms with Crippen molar-refractivity contribution >= 4 is 0 Å². The highest BCUT2D eigenvalue weighted by atomic mass is 16.5. The molecule has 3 rings (SSSR count). The first-order valence-corrected chi connectivity index (χ1v) is 14.4. The molecule has 1 N–H and O–H groups in total. The molecule has 5 nitrogen and oxygen atoms in total. The average molecular weight is 549 g/mol. The van der Waals surface area contributed by atoms with Gasteiger partial charge in [-0.3, -0.25) is 0 Å². The maximum atomic E-state index is 9.16. The Hall–Kier alpha value is -2.86. The molecule has 0 unspecified atom stereocenters. The lowest BCUT2D eigenvalue weighted by Crippen LogP contribution is -2.41. The molecule has 40 heavy (non-hydrogen) atoms. The van der Waals surface area contributed by atoms with E-state index in [0.29, 0.717) is 31.8 Å². The number of ether oxygens (including phenoxy) is 3. The fraction of sp³-hybridized carbons (Fsp3) is 0.486. The standard InChI is InChI=1S/C35H50NO4/c1-34(2,3)27-35(4,5)31-14-18-32(19-15-31)39-23-22-38-21-20-36(6,7)24-28-8-10-30(11-9-28)26-40-33-16-12-29(25-37)13-17-33/h8-19,37H,20-27H2,1-7H3/q+1. The summed E-state index contributed by atoms with van der Waals surface area (Å²) in [5.41, 5.74) is 5.08. The van der Waals surface area contributed by atoms with Crippen LogP contribution in [0, 0.1) is 5.41 Å². The summed E-state index contributed by atoms with van der Waals surface area (Å²) in [6.07, 6.45) is 1.13. The van der Waals surface area contributed by atoms with E-state index >= 15 is 0 Å². The Kier molecular flexibility index (Phi) is 11.2. The highest BCUT2D eigenvalue weighted by Gasteiger charge is 2.27. The number of rotatable bonds is 15. The van der Waals surface area contributed by atoms with Crippen molar-refractivity contribution in [3.05, 3.63) is 95.1 Å². The first-order chi connectivity index (χ1) is 18.9. The van der Waals surface area contributed by atoms with Gasteiger partial charge in [0.15, 0.2) is 0 Å². The van der Waals surface area contributed by atoms with E-state index in [1.54, 1.807) is 0 Å². The molecule has 0 radical (unpaired) electrons. The van der Waals surface area contributed by atoms with Crippen LogP contribution in [0.3, 0.4) is 0 Å². The van der Waals surface area contributed by atoms with E-state index in [4.69, 9.17) is 19.3 Å². The van der Waals surface area contributed by atoms with Crippen molar-refractivity contribution in [2.24, 2.45) is 5.41 Å². The molecule has 3 aromatic carbocycles. The molecule has 0 aliphatic rings. The third kappa shape index (κ3) is 11.0. The number of quaternary nitrogens is 1. The van der Waals surface area contributed by atoms with Gasteiger partial charge in [-0.15, -0.1) is 0 Å². The molecular formula is C35H50NO4+. The predicted octanol–water partition coefficient (Wildman–Crippen LogP) is 7.14. The minimum Gasteiger partial charge on any atom is -0.491 e. The molecule has 0 aliphatic carbocycles. The molecule has 5 heteroatoms. The molecule has 0 heterocycles. The average Bonchev–Trinajstić information content (AvgIpc) is 2.89. The lowest BCUT2D eigenvalue weighted by molar-refractivity contribution is -0.904. The zero-order valence-corrected chi connectivity index (χ0v) is 25.7. The predicted molar refractivity (Wildman–Crippen MR) is 164 cm³/mol. The SMILES string of the molecule is CC(C)(C)CC(C)(C)c1ccc(OCCOCC[N+](C)(C)Cc2ccc(COc3ccc(CO)cc3)cc2)cc1. The van der Waals surface area contributed by atoms with Gasteiger partial charge >= 0.3 is 0 Å². The number of hydrogen-bond donors (Lipinski definition) is 1. The summed E-state index contributed by atoms with van der Waals surface area (Å²) in [4.78, 5) is 0. The topological polar surface area (TPSA) is 47.9 Å². The zero-order valence-electron chi connectivity index (χ0n) is 25.7. The third-order valence-electron chi connectivity index (χ3n) is 7.09. The van der Waals surface area contributed by atoms with Crippen LogP contribution >= 0.6 is 0 Å². The second kappa shape index (κ2) is 14.2. The molecule has 0 saturated heterocycles. The number of aliphatic hydroxyl groups is 1. The Morgan fingerprint density at radius 3 is 1.80 bits per heavy atom. The molecular weight excluding hydrogens is 498 g/mol. The minimum atomic E-state index is 0.0448. The van der Waals surface area contributed by atoms with Crippen LogP contribution in [-0.4, -0.2) is 50.1 Å². The van der Waals surface area contributed by atoms with Crippen LogP contribution < -0.4 is 9.47 Å². The first kappa shape index (κ1) is 31.7. The van der Waals surface area contributed by atoms with Gasteiger partial charge < -0.3 is 23.8 Å². The Labute approximate surface area is 242 Å². The number of aliphatic hydroxyl groups excluding tert-OH is 1. The maximum absolute atomic E-state index is 9.16. The minimum absolute atomic E-state index is 0.0448. The molecule has 0 bridgehead atoms. The van der Waals surface area contributed by atoms with Crippen LogP contribution in [0.1, 0.15) is 63.3 Å². The maximum Gasteiger partial charge on any atom is 0.119 e. The zero-order chi connectivity index (χ0) is 29.2. The number of nitrogens with zero attached hydrogens (tertiary/aromatic N) is 1. The van der Waals surface area contributed by atoms with E-state index in [-0.39, 0.29) is 12.0 Å². The van der Waals surface area contributed by atoms with E-state index in [1.165, 1.54) is 11.1 Å². The lowest BCUT2D eigenvalue weighted by atomic mass is 9.72. The van der Waals surface area contributed by atoms with Gasteiger partial charge in [0.2, 0.25) is 0 Å². The van der Waals surface area contributed by atoms with Crippen LogP contribution in [0.5, 0.6) is 11.5 Å². The highest BCUT2D eigenvalue weighted by Crippen LogP contribution is 2.36. The normalized spacial score (nSPS) is 12.4.